The predicted octanol–water partition coefficient (Wildman–Crippen LogP) is 2.80. The molecule has 5 heteroatoms. The summed E-state index contributed by atoms with van der Waals surface area (Å²) in [6.07, 6.45) is 5.78. The Bertz CT molecular complexity index is 515. The van der Waals surface area contributed by atoms with Gasteiger partial charge in [-0.05, 0) is 58.6 Å². The molecule has 2 heterocycles. The van der Waals surface area contributed by atoms with Crippen molar-refractivity contribution in [3.8, 4) is 0 Å². The minimum atomic E-state index is -0.159. The Labute approximate surface area is 139 Å². The number of rotatable bonds is 4. The first-order valence-electron chi connectivity index (χ1n) is 8.73. The average Bonchev–Trinajstić information content (AvgIpc) is 2.45. The summed E-state index contributed by atoms with van der Waals surface area (Å²) in [5.74, 6) is 1.01. The van der Waals surface area contributed by atoms with Crippen molar-refractivity contribution in [3.05, 3.63) is 18.3 Å². The van der Waals surface area contributed by atoms with E-state index in [0.29, 0.717) is 12.1 Å². The Balaban J connectivity index is 1.57. The van der Waals surface area contributed by atoms with E-state index in [1.807, 2.05) is 12.3 Å². The number of ether oxygens (including phenoxy) is 1. The maximum absolute atomic E-state index is 9.68. The molecule has 1 saturated carbocycles. The quantitative estimate of drug-likeness (QED) is 0.894. The summed E-state index contributed by atoms with van der Waals surface area (Å²) in [6, 6.07) is 4.54. The predicted molar refractivity (Wildman–Crippen MR) is 93.0 cm³/mol. The molecular formula is C18H29N3O2. The zero-order valence-corrected chi connectivity index (χ0v) is 14.5. The standard InChI is InChI=1S/C18H29N3O2/c1-18(2,3)23-15-11-13(12-15)20-16-5-4-8-19-17(16)21-9-6-14(22)7-10-21/h4-5,8,13-15,20,22H,6-7,9-12H2,1-3H3. The second-order valence-corrected chi connectivity index (χ2v) is 7.76. The number of pyridine rings is 1. The maximum Gasteiger partial charge on any atom is 0.151 e. The largest absolute Gasteiger partial charge is 0.393 e. The highest BCUT2D eigenvalue weighted by Gasteiger charge is 2.33. The molecule has 0 radical (unpaired) electrons. The molecule has 5 nitrogen and oxygen atoms in total. The van der Waals surface area contributed by atoms with Crippen LogP contribution in [0, 0.1) is 0 Å². The van der Waals surface area contributed by atoms with Gasteiger partial charge in [0.2, 0.25) is 0 Å². The fourth-order valence-electron chi connectivity index (χ4n) is 3.34. The lowest BCUT2D eigenvalue weighted by Crippen LogP contribution is -2.44. The number of hydrogen-bond donors (Lipinski definition) is 2. The maximum atomic E-state index is 9.68. The van der Waals surface area contributed by atoms with Gasteiger partial charge in [0.15, 0.2) is 5.82 Å². The summed E-state index contributed by atoms with van der Waals surface area (Å²) in [5.41, 5.74) is 1.03. The molecular weight excluding hydrogens is 290 g/mol. The second kappa shape index (κ2) is 6.65. The van der Waals surface area contributed by atoms with Gasteiger partial charge < -0.3 is 20.1 Å². The highest BCUT2D eigenvalue weighted by Crippen LogP contribution is 2.33. The van der Waals surface area contributed by atoms with Gasteiger partial charge in [0.05, 0.1) is 23.5 Å². The van der Waals surface area contributed by atoms with Gasteiger partial charge >= 0.3 is 0 Å². The van der Waals surface area contributed by atoms with Crippen LogP contribution in [0.2, 0.25) is 0 Å². The van der Waals surface area contributed by atoms with Crippen LogP contribution in [0.1, 0.15) is 46.5 Å². The number of anilines is 2. The first-order chi connectivity index (χ1) is 10.9. The normalized spacial score (nSPS) is 26.0. The van der Waals surface area contributed by atoms with Crippen molar-refractivity contribution in [2.24, 2.45) is 0 Å². The lowest BCUT2D eigenvalue weighted by molar-refractivity contribution is -0.0953. The Morgan fingerprint density at radius 3 is 2.61 bits per heavy atom. The monoisotopic (exact) mass is 319 g/mol. The SMILES string of the molecule is CC(C)(C)OC1CC(Nc2cccnc2N2CCC(O)CC2)C1. The Hall–Kier alpha value is -1.33. The first-order valence-corrected chi connectivity index (χ1v) is 8.73. The number of aromatic nitrogens is 1. The van der Waals surface area contributed by atoms with Gasteiger partial charge in [0, 0.05) is 25.3 Å². The third-order valence-corrected chi connectivity index (χ3v) is 4.53. The van der Waals surface area contributed by atoms with Crippen LogP contribution in [0.25, 0.3) is 0 Å². The molecule has 1 aliphatic heterocycles. The van der Waals surface area contributed by atoms with Crippen LogP contribution in [-0.4, -0.2) is 47.0 Å². The zero-order valence-electron chi connectivity index (χ0n) is 14.5. The molecule has 0 atom stereocenters. The van der Waals surface area contributed by atoms with E-state index in [4.69, 9.17) is 4.74 Å². The van der Waals surface area contributed by atoms with Gasteiger partial charge in [-0.15, -0.1) is 0 Å². The summed E-state index contributed by atoms with van der Waals surface area (Å²) in [4.78, 5) is 6.84. The topological polar surface area (TPSA) is 57.6 Å². The van der Waals surface area contributed by atoms with Gasteiger partial charge in [-0.3, -0.25) is 0 Å². The summed E-state index contributed by atoms with van der Waals surface area (Å²) in [5, 5.41) is 13.3. The number of hydrogen-bond acceptors (Lipinski definition) is 5. The molecule has 2 aliphatic rings. The Kier molecular flexibility index (Phi) is 4.78. The van der Waals surface area contributed by atoms with Crippen LogP contribution >= 0.6 is 0 Å². The lowest BCUT2D eigenvalue weighted by atomic mass is 9.88. The molecule has 1 aromatic heterocycles. The molecule has 3 rings (SSSR count). The molecule has 1 aromatic rings. The van der Waals surface area contributed by atoms with E-state index in [0.717, 1.165) is 50.3 Å². The minimum absolute atomic E-state index is 0.0657. The summed E-state index contributed by atoms with van der Waals surface area (Å²) in [7, 11) is 0. The number of piperidine rings is 1. The summed E-state index contributed by atoms with van der Waals surface area (Å²) < 4.78 is 6.01. The molecule has 2 N–H and O–H groups in total. The van der Waals surface area contributed by atoms with Crippen LogP contribution in [0.3, 0.4) is 0 Å². The van der Waals surface area contributed by atoms with Crippen molar-refractivity contribution in [3.63, 3.8) is 0 Å². The van der Waals surface area contributed by atoms with Gasteiger partial charge in [-0.2, -0.15) is 0 Å². The van der Waals surface area contributed by atoms with Crippen molar-refractivity contribution in [2.45, 2.75) is 70.3 Å². The van der Waals surface area contributed by atoms with E-state index in [-0.39, 0.29) is 11.7 Å². The van der Waals surface area contributed by atoms with E-state index in [9.17, 15) is 5.11 Å². The fourth-order valence-corrected chi connectivity index (χ4v) is 3.34. The van der Waals surface area contributed by atoms with Crippen molar-refractivity contribution in [2.75, 3.05) is 23.3 Å². The fraction of sp³-hybridized carbons (Fsp3) is 0.722. The summed E-state index contributed by atoms with van der Waals surface area (Å²) in [6.45, 7) is 8.06. The molecule has 0 unspecified atom stereocenters. The van der Waals surface area contributed by atoms with Gasteiger partial charge in [-0.25, -0.2) is 4.98 Å². The molecule has 23 heavy (non-hydrogen) atoms. The van der Waals surface area contributed by atoms with Gasteiger partial charge in [0.25, 0.3) is 0 Å². The van der Waals surface area contributed by atoms with Crippen molar-refractivity contribution in [1.29, 1.82) is 0 Å². The average molecular weight is 319 g/mol. The van der Waals surface area contributed by atoms with Crippen LogP contribution < -0.4 is 10.2 Å². The zero-order chi connectivity index (χ0) is 16.4. The lowest BCUT2D eigenvalue weighted by Gasteiger charge is -2.40. The molecule has 1 saturated heterocycles. The van der Waals surface area contributed by atoms with Crippen LogP contribution in [0.4, 0.5) is 11.5 Å². The minimum Gasteiger partial charge on any atom is -0.393 e. The molecule has 0 bridgehead atoms. The van der Waals surface area contributed by atoms with Crippen LogP contribution in [0.15, 0.2) is 18.3 Å². The third kappa shape index (κ3) is 4.36. The third-order valence-electron chi connectivity index (χ3n) is 4.53. The second-order valence-electron chi connectivity index (χ2n) is 7.76. The van der Waals surface area contributed by atoms with Crippen molar-refractivity contribution < 1.29 is 9.84 Å². The van der Waals surface area contributed by atoms with Crippen molar-refractivity contribution in [1.82, 2.24) is 4.98 Å². The van der Waals surface area contributed by atoms with E-state index in [2.05, 4.69) is 42.0 Å². The number of nitrogens with zero attached hydrogens (tertiary/aromatic N) is 2. The molecule has 128 valence electrons. The van der Waals surface area contributed by atoms with Crippen LogP contribution in [-0.2, 0) is 4.74 Å². The molecule has 0 aromatic carbocycles. The molecule has 0 amide bonds. The van der Waals surface area contributed by atoms with E-state index < -0.39 is 0 Å². The number of aliphatic hydroxyl groups is 1. The number of nitrogens with one attached hydrogen (secondary N) is 1. The van der Waals surface area contributed by atoms with E-state index >= 15 is 0 Å². The van der Waals surface area contributed by atoms with Crippen molar-refractivity contribution >= 4 is 11.5 Å². The van der Waals surface area contributed by atoms with Crippen LogP contribution in [0.5, 0.6) is 0 Å². The number of aliphatic hydroxyl groups excluding tert-OH is 1. The van der Waals surface area contributed by atoms with Gasteiger partial charge in [0.1, 0.15) is 0 Å². The van der Waals surface area contributed by atoms with Gasteiger partial charge in [-0.1, -0.05) is 0 Å². The Morgan fingerprint density at radius 1 is 1.26 bits per heavy atom. The smallest absolute Gasteiger partial charge is 0.151 e. The van der Waals surface area contributed by atoms with E-state index in [1.54, 1.807) is 0 Å². The highest BCUT2D eigenvalue weighted by atomic mass is 16.5. The molecule has 1 aliphatic carbocycles. The molecule has 2 fully saturated rings. The highest BCUT2D eigenvalue weighted by molar-refractivity contribution is 5.66. The summed E-state index contributed by atoms with van der Waals surface area (Å²) >= 11 is 0. The first kappa shape index (κ1) is 16.5. The molecule has 0 spiro atoms. The van der Waals surface area contributed by atoms with E-state index in [1.165, 1.54) is 0 Å². The Morgan fingerprint density at radius 2 is 1.96 bits per heavy atom.